The van der Waals surface area contributed by atoms with E-state index >= 15 is 0 Å². The zero-order valence-electron chi connectivity index (χ0n) is 14.8. The summed E-state index contributed by atoms with van der Waals surface area (Å²) >= 11 is 0. The number of nitrogens with one attached hydrogen (secondary N) is 1. The lowest BCUT2D eigenvalue weighted by atomic mass is 10.1. The van der Waals surface area contributed by atoms with Gasteiger partial charge in [-0.1, -0.05) is 12.2 Å². The lowest BCUT2D eigenvalue weighted by Crippen LogP contribution is -2.35. The molecule has 8 heteroatoms. The van der Waals surface area contributed by atoms with Crippen molar-refractivity contribution in [1.29, 1.82) is 0 Å². The van der Waals surface area contributed by atoms with Crippen molar-refractivity contribution < 1.29 is 28.7 Å². The standard InChI is InChI=1S/C17H22N2O6/c1-5-24-16(22)14(20)18-12-9-7-8-11(3)13(10-12)19(4)15(21)17(23)25-6-2/h8-10H,5-7H2,1-4H3,(H,18,20). The molecule has 0 heterocycles. The molecule has 1 N–H and O–H groups in total. The second-order valence-corrected chi connectivity index (χ2v) is 5.07. The molecule has 2 amide bonds. The molecule has 0 aromatic rings. The molecule has 0 saturated heterocycles. The number of carbonyl (C=O) groups is 4. The molecule has 0 aliphatic heterocycles. The zero-order chi connectivity index (χ0) is 19.0. The highest BCUT2D eigenvalue weighted by atomic mass is 16.5. The van der Waals surface area contributed by atoms with E-state index in [1.165, 1.54) is 13.1 Å². The van der Waals surface area contributed by atoms with Crippen LogP contribution in [0.1, 0.15) is 27.2 Å². The highest BCUT2D eigenvalue weighted by Crippen LogP contribution is 2.20. The quantitative estimate of drug-likeness (QED) is 0.594. The van der Waals surface area contributed by atoms with Crippen molar-refractivity contribution in [2.24, 2.45) is 0 Å². The van der Waals surface area contributed by atoms with Gasteiger partial charge in [0.15, 0.2) is 0 Å². The predicted octanol–water partition coefficient (Wildman–Crippen LogP) is 0.805. The molecule has 1 aliphatic carbocycles. The van der Waals surface area contributed by atoms with Crippen molar-refractivity contribution in [1.82, 2.24) is 10.2 Å². The van der Waals surface area contributed by atoms with Crippen molar-refractivity contribution >= 4 is 23.8 Å². The fraction of sp³-hybridized carbons (Fsp3) is 0.412. The summed E-state index contributed by atoms with van der Waals surface area (Å²) in [7, 11) is 1.43. The van der Waals surface area contributed by atoms with Gasteiger partial charge in [0, 0.05) is 18.4 Å². The first-order valence-corrected chi connectivity index (χ1v) is 7.83. The molecule has 0 saturated carbocycles. The highest BCUT2D eigenvalue weighted by Gasteiger charge is 2.25. The molecule has 0 aromatic heterocycles. The van der Waals surface area contributed by atoms with Crippen molar-refractivity contribution in [2.75, 3.05) is 20.3 Å². The van der Waals surface area contributed by atoms with Gasteiger partial charge in [-0.05, 0) is 38.8 Å². The van der Waals surface area contributed by atoms with E-state index in [-0.39, 0.29) is 13.2 Å². The number of allylic oxidation sites excluding steroid dienone is 4. The molecule has 0 aromatic carbocycles. The number of ether oxygens (including phenoxy) is 2. The number of esters is 2. The summed E-state index contributed by atoms with van der Waals surface area (Å²) in [5.41, 5.74) is 1.47. The first-order chi connectivity index (χ1) is 11.8. The van der Waals surface area contributed by atoms with Crippen molar-refractivity contribution in [3.05, 3.63) is 35.2 Å². The Bertz CT molecular complexity index is 660. The summed E-state index contributed by atoms with van der Waals surface area (Å²) in [5, 5.41) is 2.43. The van der Waals surface area contributed by atoms with Gasteiger partial charge in [0.2, 0.25) is 0 Å². The normalized spacial score (nSPS) is 13.5. The van der Waals surface area contributed by atoms with Crippen LogP contribution in [0.4, 0.5) is 0 Å². The van der Waals surface area contributed by atoms with Gasteiger partial charge >= 0.3 is 23.8 Å². The second kappa shape index (κ2) is 9.41. The van der Waals surface area contributed by atoms with Gasteiger partial charge in [0.1, 0.15) is 0 Å². The Labute approximate surface area is 146 Å². The first kappa shape index (κ1) is 20.1. The van der Waals surface area contributed by atoms with E-state index in [1.807, 2.05) is 6.08 Å². The summed E-state index contributed by atoms with van der Waals surface area (Å²) < 4.78 is 9.34. The molecule has 0 unspecified atom stereocenters. The lowest BCUT2D eigenvalue weighted by Gasteiger charge is -2.20. The van der Waals surface area contributed by atoms with Gasteiger partial charge in [-0.15, -0.1) is 0 Å². The Balaban J connectivity index is 2.99. The van der Waals surface area contributed by atoms with Crippen LogP contribution in [0.15, 0.2) is 35.2 Å². The topological polar surface area (TPSA) is 102 Å². The minimum atomic E-state index is -0.997. The van der Waals surface area contributed by atoms with Crippen molar-refractivity contribution in [3.8, 4) is 0 Å². The molecule has 0 spiro atoms. The third-order valence-corrected chi connectivity index (χ3v) is 3.29. The van der Waals surface area contributed by atoms with Crippen LogP contribution in [0, 0.1) is 0 Å². The Morgan fingerprint density at radius 3 is 2.28 bits per heavy atom. The maximum absolute atomic E-state index is 12.1. The lowest BCUT2D eigenvalue weighted by molar-refractivity contribution is -0.158. The molecular formula is C17H22N2O6. The van der Waals surface area contributed by atoms with Gasteiger partial charge in [0.05, 0.1) is 13.2 Å². The third-order valence-electron chi connectivity index (χ3n) is 3.29. The van der Waals surface area contributed by atoms with E-state index in [9.17, 15) is 19.2 Å². The number of nitrogens with zero attached hydrogens (tertiary/aromatic N) is 1. The number of hydrogen-bond donors (Lipinski definition) is 1. The molecule has 1 rings (SSSR count). The summed E-state index contributed by atoms with van der Waals surface area (Å²) in [6, 6.07) is 0. The average molecular weight is 350 g/mol. The van der Waals surface area contributed by atoms with Crippen LogP contribution in [-0.4, -0.2) is 48.9 Å². The zero-order valence-corrected chi connectivity index (χ0v) is 14.8. The van der Waals surface area contributed by atoms with Crippen LogP contribution in [0.25, 0.3) is 0 Å². The van der Waals surface area contributed by atoms with Crippen LogP contribution in [0.2, 0.25) is 0 Å². The smallest absolute Gasteiger partial charge is 0.397 e. The van der Waals surface area contributed by atoms with Crippen LogP contribution in [0.5, 0.6) is 0 Å². The molecule has 0 bridgehead atoms. The summed E-state index contributed by atoms with van der Waals surface area (Å²) in [5.74, 6) is -3.71. The Hall–Kier alpha value is -2.90. The van der Waals surface area contributed by atoms with E-state index in [2.05, 4.69) is 10.1 Å². The molecule has 0 fully saturated rings. The van der Waals surface area contributed by atoms with Crippen LogP contribution in [-0.2, 0) is 28.7 Å². The van der Waals surface area contributed by atoms with Gasteiger partial charge in [-0.25, -0.2) is 9.59 Å². The third kappa shape index (κ3) is 5.59. The highest BCUT2D eigenvalue weighted by molar-refractivity contribution is 6.33. The number of hydrogen-bond acceptors (Lipinski definition) is 6. The van der Waals surface area contributed by atoms with Gasteiger partial charge in [0.25, 0.3) is 0 Å². The number of amides is 2. The van der Waals surface area contributed by atoms with Gasteiger partial charge < -0.3 is 19.7 Å². The van der Waals surface area contributed by atoms with Crippen LogP contribution < -0.4 is 5.32 Å². The Kier molecular flexibility index (Phi) is 7.58. The monoisotopic (exact) mass is 350 g/mol. The Morgan fingerprint density at radius 1 is 1.08 bits per heavy atom. The summed E-state index contributed by atoms with van der Waals surface area (Å²) in [4.78, 5) is 48.1. The van der Waals surface area contributed by atoms with E-state index < -0.39 is 23.8 Å². The van der Waals surface area contributed by atoms with Crippen LogP contribution >= 0.6 is 0 Å². The maximum atomic E-state index is 12.1. The molecule has 25 heavy (non-hydrogen) atoms. The molecule has 136 valence electrons. The van der Waals surface area contributed by atoms with E-state index in [0.29, 0.717) is 17.8 Å². The van der Waals surface area contributed by atoms with Crippen molar-refractivity contribution in [3.63, 3.8) is 0 Å². The SMILES string of the molecule is CCOC(=O)C(=O)NC1=CCC=C(C)C(N(C)C(=O)C(=O)OCC)=C1. The van der Waals surface area contributed by atoms with Gasteiger partial charge in [-0.2, -0.15) is 0 Å². The Morgan fingerprint density at radius 2 is 1.68 bits per heavy atom. The maximum Gasteiger partial charge on any atom is 0.397 e. The minimum absolute atomic E-state index is 0.0871. The fourth-order valence-corrected chi connectivity index (χ4v) is 2.05. The number of rotatable bonds is 4. The molecule has 0 atom stereocenters. The van der Waals surface area contributed by atoms with E-state index in [1.54, 1.807) is 26.8 Å². The summed E-state index contributed by atoms with van der Waals surface area (Å²) in [6.45, 7) is 5.14. The number of likely N-dealkylation sites (N-methyl/N-ethyl adjacent to an activating group) is 1. The van der Waals surface area contributed by atoms with E-state index in [0.717, 1.165) is 10.5 Å². The number of carbonyl (C=O) groups excluding carboxylic acids is 4. The van der Waals surface area contributed by atoms with Crippen LogP contribution in [0.3, 0.4) is 0 Å². The molecule has 8 nitrogen and oxygen atoms in total. The molecule has 1 aliphatic rings. The summed E-state index contributed by atoms with van der Waals surface area (Å²) in [6.07, 6.45) is 5.49. The predicted molar refractivity (Wildman–Crippen MR) is 88.7 cm³/mol. The van der Waals surface area contributed by atoms with E-state index in [4.69, 9.17) is 4.74 Å². The largest absolute Gasteiger partial charge is 0.459 e. The van der Waals surface area contributed by atoms with Crippen molar-refractivity contribution in [2.45, 2.75) is 27.2 Å². The average Bonchev–Trinajstić information content (AvgIpc) is 2.75. The minimum Gasteiger partial charge on any atom is -0.459 e. The molecular weight excluding hydrogens is 328 g/mol. The fourth-order valence-electron chi connectivity index (χ4n) is 2.05. The molecule has 0 radical (unpaired) electrons. The second-order valence-electron chi connectivity index (χ2n) is 5.07. The first-order valence-electron chi connectivity index (χ1n) is 7.83. The van der Waals surface area contributed by atoms with Gasteiger partial charge in [-0.3, -0.25) is 9.59 Å².